The van der Waals surface area contributed by atoms with E-state index in [1.165, 1.54) is 17.0 Å². The Balaban J connectivity index is 1.75. The molecule has 1 heterocycles. The number of carbonyl (C=O) groups is 1. The third kappa shape index (κ3) is 4.38. The third-order valence-electron chi connectivity index (χ3n) is 4.45. The molecule has 1 aliphatic carbocycles. The first-order chi connectivity index (χ1) is 10.5. The summed E-state index contributed by atoms with van der Waals surface area (Å²) in [5.41, 5.74) is 1.19. The van der Waals surface area contributed by atoms with Crippen LogP contribution in [0.4, 0.5) is 4.79 Å². The van der Waals surface area contributed by atoms with Crippen LogP contribution in [0.25, 0.3) is 0 Å². The molecule has 1 aliphatic rings. The van der Waals surface area contributed by atoms with Crippen LogP contribution in [0.15, 0.2) is 0 Å². The van der Waals surface area contributed by atoms with E-state index in [1.54, 1.807) is 11.3 Å². The van der Waals surface area contributed by atoms with Gasteiger partial charge >= 0.3 is 6.03 Å². The van der Waals surface area contributed by atoms with Crippen molar-refractivity contribution in [3.8, 4) is 0 Å². The van der Waals surface area contributed by atoms with Gasteiger partial charge in [0.25, 0.3) is 0 Å². The molecule has 0 saturated heterocycles. The Morgan fingerprint density at radius 1 is 1.50 bits per heavy atom. The van der Waals surface area contributed by atoms with Crippen LogP contribution in [0.3, 0.4) is 0 Å². The van der Waals surface area contributed by atoms with Crippen LogP contribution in [0.5, 0.6) is 0 Å². The van der Waals surface area contributed by atoms with E-state index in [0.29, 0.717) is 17.8 Å². The van der Waals surface area contributed by atoms with Crippen molar-refractivity contribution < 1.29 is 4.79 Å². The number of aromatic nitrogens is 1. The number of amides is 2. The van der Waals surface area contributed by atoms with Gasteiger partial charge < -0.3 is 10.2 Å². The van der Waals surface area contributed by atoms with Crippen LogP contribution in [-0.2, 0) is 12.8 Å². The maximum Gasteiger partial charge on any atom is 0.317 e. The average Bonchev–Trinajstić information content (AvgIpc) is 3.12. The molecule has 2 atom stereocenters. The van der Waals surface area contributed by atoms with Gasteiger partial charge in [-0.25, -0.2) is 9.78 Å². The number of urea groups is 1. The fraction of sp³-hybridized carbons (Fsp3) is 0.750. The molecule has 22 heavy (non-hydrogen) atoms. The summed E-state index contributed by atoms with van der Waals surface area (Å²) >= 11 is 3.67. The summed E-state index contributed by atoms with van der Waals surface area (Å²) in [5.74, 6) is 0. The van der Waals surface area contributed by atoms with Crippen LogP contribution in [0, 0.1) is 6.92 Å². The molecule has 2 amide bonds. The highest BCUT2D eigenvalue weighted by atomic mass is 32.2. The minimum atomic E-state index is 0.0516. The lowest BCUT2D eigenvalue weighted by atomic mass is 10.2. The summed E-state index contributed by atoms with van der Waals surface area (Å²) < 4.78 is 0. The zero-order chi connectivity index (χ0) is 16.1. The van der Waals surface area contributed by atoms with Gasteiger partial charge in [-0.05, 0) is 38.9 Å². The summed E-state index contributed by atoms with van der Waals surface area (Å²) in [7, 11) is 1.92. The molecule has 1 aromatic rings. The molecule has 6 heteroatoms. The number of nitrogens with zero attached hydrogens (tertiary/aromatic N) is 2. The maximum atomic E-state index is 12.2. The van der Waals surface area contributed by atoms with E-state index in [-0.39, 0.29) is 6.03 Å². The van der Waals surface area contributed by atoms with Crippen LogP contribution >= 0.6 is 23.1 Å². The standard InChI is InChI=1S/C16H27N3OS2/c1-5-14-11(2)22-15(18-14)8-9-17-16(20)19(3)12-6-7-13(10-12)21-4/h12-13H,5-10H2,1-4H3,(H,17,20)/t12-,13-/m1/s1. The molecule has 0 radical (unpaired) electrons. The summed E-state index contributed by atoms with van der Waals surface area (Å²) in [5, 5.41) is 4.87. The van der Waals surface area contributed by atoms with Crippen molar-refractivity contribution >= 4 is 29.1 Å². The minimum absolute atomic E-state index is 0.0516. The first-order valence-electron chi connectivity index (χ1n) is 8.03. The number of hydrogen-bond acceptors (Lipinski definition) is 4. The lowest BCUT2D eigenvalue weighted by Gasteiger charge is -2.24. The fourth-order valence-corrected chi connectivity index (χ4v) is 4.78. The van der Waals surface area contributed by atoms with Crippen LogP contribution < -0.4 is 5.32 Å². The molecule has 0 aliphatic heterocycles. The second kappa shape index (κ2) is 8.20. The Morgan fingerprint density at radius 3 is 2.86 bits per heavy atom. The molecule has 0 aromatic carbocycles. The van der Waals surface area contributed by atoms with Gasteiger partial charge in [0.05, 0.1) is 10.7 Å². The van der Waals surface area contributed by atoms with Crippen molar-refractivity contribution in [2.75, 3.05) is 19.8 Å². The predicted molar refractivity (Wildman–Crippen MR) is 96.0 cm³/mol. The van der Waals surface area contributed by atoms with E-state index in [9.17, 15) is 4.79 Å². The van der Waals surface area contributed by atoms with Crippen LogP contribution in [0.1, 0.15) is 41.8 Å². The number of carbonyl (C=O) groups excluding carboxylic acids is 1. The molecule has 1 fully saturated rings. The molecular weight excluding hydrogens is 314 g/mol. The van der Waals surface area contributed by atoms with Gasteiger partial charge in [0.15, 0.2) is 0 Å². The Morgan fingerprint density at radius 2 is 2.27 bits per heavy atom. The Labute approximate surface area is 142 Å². The zero-order valence-corrected chi connectivity index (χ0v) is 15.6. The van der Waals surface area contributed by atoms with Crippen LogP contribution in [-0.4, -0.2) is 47.1 Å². The van der Waals surface area contributed by atoms with Crippen molar-refractivity contribution in [3.63, 3.8) is 0 Å². The highest BCUT2D eigenvalue weighted by molar-refractivity contribution is 7.99. The van der Waals surface area contributed by atoms with E-state index < -0.39 is 0 Å². The number of aryl methyl sites for hydroxylation is 2. The largest absolute Gasteiger partial charge is 0.338 e. The Bertz CT molecular complexity index is 504. The molecule has 0 bridgehead atoms. The molecule has 1 saturated carbocycles. The SMILES string of the molecule is CCc1nc(CCNC(=O)N(C)[C@@H]2CC[C@@H](SC)C2)sc1C. The van der Waals surface area contributed by atoms with Gasteiger partial charge in [0.1, 0.15) is 0 Å². The average molecular weight is 342 g/mol. The van der Waals surface area contributed by atoms with Gasteiger partial charge in [-0.15, -0.1) is 11.3 Å². The van der Waals surface area contributed by atoms with Gasteiger partial charge in [0.2, 0.25) is 0 Å². The number of rotatable bonds is 6. The monoisotopic (exact) mass is 341 g/mol. The van der Waals surface area contributed by atoms with Gasteiger partial charge in [-0.3, -0.25) is 0 Å². The third-order valence-corrected chi connectivity index (χ3v) is 6.61. The molecular formula is C16H27N3OS2. The van der Waals surface area contributed by atoms with E-state index >= 15 is 0 Å². The molecule has 0 unspecified atom stereocenters. The normalized spacial score (nSPS) is 21.1. The molecule has 1 aromatic heterocycles. The number of hydrogen-bond donors (Lipinski definition) is 1. The lowest BCUT2D eigenvalue weighted by Crippen LogP contribution is -2.43. The zero-order valence-electron chi connectivity index (χ0n) is 14.0. The highest BCUT2D eigenvalue weighted by Crippen LogP contribution is 2.30. The topological polar surface area (TPSA) is 45.2 Å². The van der Waals surface area contributed by atoms with Gasteiger partial charge in [0, 0.05) is 36.2 Å². The summed E-state index contributed by atoms with van der Waals surface area (Å²) in [4.78, 5) is 20.0. The van der Waals surface area contributed by atoms with E-state index in [0.717, 1.165) is 30.7 Å². The number of nitrogens with one attached hydrogen (secondary N) is 1. The summed E-state index contributed by atoms with van der Waals surface area (Å²) in [6.45, 7) is 4.92. The maximum absolute atomic E-state index is 12.2. The van der Waals surface area contributed by atoms with Crippen molar-refractivity contribution in [1.82, 2.24) is 15.2 Å². The molecule has 2 rings (SSSR count). The molecule has 1 N–H and O–H groups in total. The quantitative estimate of drug-likeness (QED) is 0.861. The summed E-state index contributed by atoms with van der Waals surface area (Å²) in [6.07, 6.45) is 7.44. The van der Waals surface area contributed by atoms with Gasteiger partial charge in [-0.1, -0.05) is 6.92 Å². The lowest BCUT2D eigenvalue weighted by molar-refractivity contribution is 0.191. The smallest absolute Gasteiger partial charge is 0.317 e. The van der Waals surface area contributed by atoms with Crippen molar-refractivity contribution in [2.24, 2.45) is 0 Å². The van der Waals surface area contributed by atoms with Crippen molar-refractivity contribution in [1.29, 1.82) is 0 Å². The first-order valence-corrected chi connectivity index (χ1v) is 10.1. The predicted octanol–water partition coefficient (Wildman–Crippen LogP) is 3.48. The molecule has 4 nitrogen and oxygen atoms in total. The van der Waals surface area contributed by atoms with Crippen LogP contribution in [0.2, 0.25) is 0 Å². The summed E-state index contributed by atoms with van der Waals surface area (Å²) in [6, 6.07) is 0.446. The fourth-order valence-electron chi connectivity index (χ4n) is 2.97. The van der Waals surface area contributed by atoms with E-state index in [4.69, 9.17) is 0 Å². The van der Waals surface area contributed by atoms with E-state index in [2.05, 4.69) is 30.4 Å². The Hall–Kier alpha value is -0.750. The molecule has 124 valence electrons. The first kappa shape index (κ1) is 17.6. The number of thioether (sulfide) groups is 1. The van der Waals surface area contributed by atoms with E-state index in [1.807, 2.05) is 23.7 Å². The highest BCUT2D eigenvalue weighted by Gasteiger charge is 2.29. The number of thiazole rings is 1. The second-order valence-electron chi connectivity index (χ2n) is 5.88. The van der Waals surface area contributed by atoms with Crippen molar-refractivity contribution in [3.05, 3.63) is 15.6 Å². The van der Waals surface area contributed by atoms with Crippen molar-refractivity contribution in [2.45, 2.75) is 57.2 Å². The second-order valence-corrected chi connectivity index (χ2v) is 8.31. The van der Waals surface area contributed by atoms with Gasteiger partial charge in [-0.2, -0.15) is 11.8 Å². The molecule has 0 spiro atoms. The Kier molecular flexibility index (Phi) is 6.56. The minimum Gasteiger partial charge on any atom is -0.338 e.